The van der Waals surface area contributed by atoms with E-state index in [1.807, 2.05) is 0 Å². The van der Waals surface area contributed by atoms with Gasteiger partial charge in [-0.25, -0.2) is 21.6 Å². The van der Waals surface area contributed by atoms with Crippen LogP contribution in [0.4, 0.5) is 0 Å². The molecule has 1 saturated heterocycles. The predicted octanol–water partition coefficient (Wildman–Crippen LogP) is 0.145. The third-order valence-electron chi connectivity index (χ3n) is 4.08. The zero-order valence-corrected chi connectivity index (χ0v) is 13.1. The van der Waals surface area contributed by atoms with Gasteiger partial charge in [-0.05, 0) is 36.1 Å². The molecule has 6 nitrogen and oxygen atoms in total. The van der Waals surface area contributed by atoms with Crippen LogP contribution in [0.2, 0.25) is 0 Å². The zero-order valence-electron chi connectivity index (χ0n) is 11.5. The van der Waals surface area contributed by atoms with E-state index in [9.17, 15) is 16.8 Å². The highest BCUT2D eigenvalue weighted by Crippen LogP contribution is 2.22. The standard InChI is InChI=1S/C13H18N2O4S2/c16-20(17)5-1-2-13(20)9-15-21(18,19)12-4-3-10-7-14-8-11(10)6-12/h3-4,6,13-15H,1-2,5,7-9H2. The van der Waals surface area contributed by atoms with Gasteiger partial charge in [-0.2, -0.15) is 0 Å². The normalized spacial score (nSPS) is 24.1. The average Bonchev–Trinajstić information content (AvgIpc) is 3.01. The molecule has 2 heterocycles. The second-order valence-corrected chi connectivity index (χ2v) is 9.68. The smallest absolute Gasteiger partial charge is 0.240 e. The molecule has 0 bridgehead atoms. The maximum atomic E-state index is 12.3. The predicted molar refractivity (Wildman–Crippen MR) is 79.0 cm³/mol. The van der Waals surface area contributed by atoms with E-state index in [1.54, 1.807) is 18.2 Å². The first-order valence-corrected chi connectivity index (χ1v) is 10.1. The minimum absolute atomic E-state index is 0.0417. The lowest BCUT2D eigenvalue weighted by Gasteiger charge is -2.12. The van der Waals surface area contributed by atoms with Crippen LogP contribution in [0.1, 0.15) is 24.0 Å². The highest BCUT2D eigenvalue weighted by Gasteiger charge is 2.32. The molecule has 1 atom stereocenters. The van der Waals surface area contributed by atoms with E-state index in [-0.39, 0.29) is 17.2 Å². The van der Waals surface area contributed by atoms with Gasteiger partial charge in [0.15, 0.2) is 9.84 Å². The molecule has 0 amide bonds. The van der Waals surface area contributed by atoms with Crippen molar-refractivity contribution in [2.45, 2.75) is 36.1 Å². The molecule has 3 rings (SSSR count). The van der Waals surface area contributed by atoms with Crippen LogP contribution in [0.25, 0.3) is 0 Å². The van der Waals surface area contributed by atoms with E-state index >= 15 is 0 Å². The van der Waals surface area contributed by atoms with Gasteiger partial charge >= 0.3 is 0 Å². The molecule has 1 unspecified atom stereocenters. The largest absolute Gasteiger partial charge is 0.309 e. The molecule has 2 aliphatic rings. The van der Waals surface area contributed by atoms with Crippen LogP contribution in [0.5, 0.6) is 0 Å². The molecule has 1 fully saturated rings. The SMILES string of the molecule is O=S(=O)(NCC1CCCS1(=O)=O)c1ccc2c(c1)CNC2. The van der Waals surface area contributed by atoms with Crippen molar-refractivity contribution in [3.63, 3.8) is 0 Å². The lowest BCUT2D eigenvalue weighted by molar-refractivity contribution is 0.571. The quantitative estimate of drug-likeness (QED) is 0.819. The number of sulfonamides is 1. The molecule has 0 aliphatic carbocycles. The fraction of sp³-hybridized carbons (Fsp3) is 0.538. The fourth-order valence-electron chi connectivity index (χ4n) is 2.81. The van der Waals surface area contributed by atoms with Gasteiger partial charge in [-0.1, -0.05) is 6.07 Å². The van der Waals surface area contributed by atoms with Gasteiger partial charge < -0.3 is 5.32 Å². The van der Waals surface area contributed by atoms with E-state index in [2.05, 4.69) is 10.0 Å². The fourth-order valence-corrected chi connectivity index (χ4v) is 5.81. The minimum atomic E-state index is -3.66. The Bertz CT molecular complexity index is 756. The molecule has 1 aromatic carbocycles. The number of fused-ring (bicyclic) bond motifs is 1. The molecule has 2 N–H and O–H groups in total. The molecular formula is C13H18N2O4S2. The Hall–Kier alpha value is -0.960. The van der Waals surface area contributed by atoms with E-state index < -0.39 is 25.1 Å². The minimum Gasteiger partial charge on any atom is -0.309 e. The van der Waals surface area contributed by atoms with Crippen molar-refractivity contribution in [1.29, 1.82) is 0 Å². The van der Waals surface area contributed by atoms with Crippen LogP contribution in [0.3, 0.4) is 0 Å². The maximum absolute atomic E-state index is 12.3. The van der Waals surface area contributed by atoms with Crippen molar-refractivity contribution in [2.24, 2.45) is 0 Å². The Morgan fingerprint density at radius 2 is 2.00 bits per heavy atom. The molecule has 8 heteroatoms. The van der Waals surface area contributed by atoms with E-state index in [0.717, 1.165) is 17.7 Å². The third kappa shape index (κ3) is 2.98. The summed E-state index contributed by atoms with van der Waals surface area (Å²) < 4.78 is 50.4. The summed E-state index contributed by atoms with van der Waals surface area (Å²) >= 11 is 0. The Morgan fingerprint density at radius 3 is 2.71 bits per heavy atom. The van der Waals surface area contributed by atoms with Crippen LogP contribution in [0, 0.1) is 0 Å². The van der Waals surface area contributed by atoms with Crippen LogP contribution in [-0.2, 0) is 33.0 Å². The van der Waals surface area contributed by atoms with E-state index in [0.29, 0.717) is 19.4 Å². The molecule has 0 aromatic heterocycles. The summed E-state index contributed by atoms with van der Waals surface area (Å²) in [6.45, 7) is 1.37. The summed E-state index contributed by atoms with van der Waals surface area (Å²) in [6, 6.07) is 5.02. The Balaban J connectivity index is 1.75. The Labute approximate surface area is 124 Å². The third-order valence-corrected chi connectivity index (χ3v) is 7.78. The summed E-state index contributed by atoms with van der Waals surface area (Å²) in [5, 5.41) is 2.57. The van der Waals surface area contributed by atoms with Gasteiger partial charge in [0.1, 0.15) is 0 Å². The van der Waals surface area contributed by atoms with Crippen molar-refractivity contribution >= 4 is 19.9 Å². The first kappa shape index (κ1) is 15.0. The Kier molecular flexibility index (Phi) is 3.81. The van der Waals surface area contributed by atoms with Crippen LogP contribution >= 0.6 is 0 Å². The monoisotopic (exact) mass is 330 g/mol. The maximum Gasteiger partial charge on any atom is 0.240 e. The molecule has 1 aromatic rings. The van der Waals surface area contributed by atoms with Gasteiger partial charge in [0.2, 0.25) is 10.0 Å². The highest BCUT2D eigenvalue weighted by atomic mass is 32.2. The van der Waals surface area contributed by atoms with Crippen molar-refractivity contribution in [3.05, 3.63) is 29.3 Å². The Morgan fingerprint density at radius 1 is 1.24 bits per heavy atom. The second-order valence-electron chi connectivity index (χ2n) is 5.52. The summed E-state index contributed by atoms with van der Waals surface area (Å²) in [5.74, 6) is 0.157. The lowest BCUT2D eigenvalue weighted by Crippen LogP contribution is -2.34. The first-order chi connectivity index (χ1) is 9.88. The average molecular weight is 330 g/mol. The number of sulfone groups is 1. The van der Waals surface area contributed by atoms with E-state index in [1.165, 1.54) is 0 Å². The number of hydrogen-bond acceptors (Lipinski definition) is 5. The van der Waals surface area contributed by atoms with Crippen molar-refractivity contribution in [3.8, 4) is 0 Å². The molecule has 116 valence electrons. The van der Waals surface area contributed by atoms with Gasteiger partial charge in [-0.15, -0.1) is 0 Å². The molecule has 2 aliphatic heterocycles. The van der Waals surface area contributed by atoms with Crippen molar-refractivity contribution < 1.29 is 16.8 Å². The summed E-state index contributed by atoms with van der Waals surface area (Å²) in [4.78, 5) is 0.195. The number of hydrogen-bond donors (Lipinski definition) is 2. The first-order valence-electron chi connectivity index (χ1n) is 6.92. The zero-order chi connectivity index (χ0) is 15.1. The highest BCUT2D eigenvalue weighted by molar-refractivity contribution is 7.92. The van der Waals surface area contributed by atoms with Crippen LogP contribution < -0.4 is 10.0 Å². The molecule has 0 saturated carbocycles. The molecular weight excluding hydrogens is 312 g/mol. The van der Waals surface area contributed by atoms with Crippen molar-refractivity contribution in [1.82, 2.24) is 10.0 Å². The molecule has 0 spiro atoms. The van der Waals surface area contributed by atoms with E-state index in [4.69, 9.17) is 0 Å². The summed E-state index contributed by atoms with van der Waals surface area (Å²) in [5.41, 5.74) is 2.08. The molecule has 21 heavy (non-hydrogen) atoms. The lowest BCUT2D eigenvalue weighted by atomic mass is 10.1. The topological polar surface area (TPSA) is 92.3 Å². The molecule has 0 radical (unpaired) electrons. The second kappa shape index (κ2) is 5.35. The van der Waals surface area contributed by atoms with Gasteiger partial charge in [-0.3, -0.25) is 0 Å². The van der Waals surface area contributed by atoms with Gasteiger partial charge in [0.25, 0.3) is 0 Å². The van der Waals surface area contributed by atoms with Crippen LogP contribution in [0.15, 0.2) is 23.1 Å². The van der Waals surface area contributed by atoms with Gasteiger partial charge in [0.05, 0.1) is 15.9 Å². The number of rotatable bonds is 4. The number of nitrogens with one attached hydrogen (secondary N) is 2. The number of benzene rings is 1. The summed E-state index contributed by atoms with van der Waals surface area (Å²) in [6.07, 6.45) is 1.14. The van der Waals surface area contributed by atoms with Gasteiger partial charge in [0, 0.05) is 19.6 Å². The van der Waals surface area contributed by atoms with Crippen molar-refractivity contribution in [2.75, 3.05) is 12.3 Å². The van der Waals surface area contributed by atoms with Crippen LogP contribution in [-0.4, -0.2) is 34.4 Å². The summed E-state index contributed by atoms with van der Waals surface area (Å²) in [7, 11) is -6.80.